The predicted molar refractivity (Wildman–Crippen MR) is 102 cm³/mol. The van der Waals surface area contributed by atoms with Crippen molar-refractivity contribution in [1.29, 1.82) is 0 Å². The van der Waals surface area contributed by atoms with E-state index >= 15 is 0 Å². The first-order valence-corrected chi connectivity index (χ1v) is 8.95. The fourth-order valence-electron chi connectivity index (χ4n) is 3.63. The quantitative estimate of drug-likeness (QED) is 0.642. The first kappa shape index (κ1) is 15.4. The third-order valence-electron chi connectivity index (χ3n) is 4.60. The van der Waals surface area contributed by atoms with E-state index in [-0.39, 0.29) is 12.4 Å². The molecule has 4 heterocycles. The van der Waals surface area contributed by atoms with Gasteiger partial charge in [-0.3, -0.25) is 0 Å². The molecule has 2 saturated heterocycles. The molecular formula is C15H15BrClN5S. The van der Waals surface area contributed by atoms with E-state index in [0.717, 1.165) is 39.0 Å². The zero-order valence-electron chi connectivity index (χ0n) is 12.1. The van der Waals surface area contributed by atoms with Gasteiger partial charge < -0.3 is 16.0 Å². The number of benzene rings is 1. The van der Waals surface area contributed by atoms with Crippen LogP contribution in [-0.4, -0.2) is 35.1 Å². The van der Waals surface area contributed by atoms with Crippen LogP contribution >= 0.6 is 39.7 Å². The van der Waals surface area contributed by atoms with E-state index in [9.17, 15) is 0 Å². The molecule has 8 heteroatoms. The lowest BCUT2D eigenvalue weighted by atomic mass is 10.2. The average molecular weight is 413 g/mol. The molecule has 2 aliphatic heterocycles. The molecule has 0 saturated carbocycles. The summed E-state index contributed by atoms with van der Waals surface area (Å²) in [7, 11) is 0. The van der Waals surface area contributed by atoms with Gasteiger partial charge in [0.05, 0.1) is 10.2 Å². The summed E-state index contributed by atoms with van der Waals surface area (Å²) in [4.78, 5) is 11.5. The number of nitrogen functional groups attached to an aromatic ring is 1. The molecule has 2 aromatic heterocycles. The van der Waals surface area contributed by atoms with Gasteiger partial charge in [0.1, 0.15) is 0 Å². The number of hydrogen-bond donors (Lipinski definition) is 2. The number of nitrogens with two attached hydrogens (primary N) is 1. The minimum Gasteiger partial charge on any atom is -0.368 e. The van der Waals surface area contributed by atoms with Crippen LogP contribution in [0.4, 0.5) is 11.8 Å². The number of hydrogen-bond acceptors (Lipinski definition) is 6. The standard InChI is InChI=1S/C15H14BrN5S.ClH/c16-7-1-2-11-10(3-7)12-13(22-11)14(20-15(17)19-12)21-6-8-4-9(21)5-18-8;/h1-3,8-9,18H,4-6H2,(H2,17,19,20);1H/t8-,9-;/m0./s1. The number of thiophene rings is 1. The van der Waals surface area contributed by atoms with Crippen LogP contribution < -0.4 is 16.0 Å². The Morgan fingerprint density at radius 3 is 2.96 bits per heavy atom. The van der Waals surface area contributed by atoms with Crippen molar-refractivity contribution in [2.75, 3.05) is 23.7 Å². The van der Waals surface area contributed by atoms with Gasteiger partial charge in [-0.1, -0.05) is 15.9 Å². The summed E-state index contributed by atoms with van der Waals surface area (Å²) < 4.78 is 3.43. The number of piperazine rings is 1. The van der Waals surface area contributed by atoms with Gasteiger partial charge in [0, 0.05) is 39.7 Å². The fraction of sp³-hybridized carbons (Fsp3) is 0.333. The van der Waals surface area contributed by atoms with Crippen LogP contribution in [0.3, 0.4) is 0 Å². The summed E-state index contributed by atoms with van der Waals surface area (Å²) in [6.07, 6.45) is 1.20. The molecule has 2 fully saturated rings. The van der Waals surface area contributed by atoms with Crippen molar-refractivity contribution >= 4 is 71.7 Å². The van der Waals surface area contributed by atoms with Crippen LogP contribution in [-0.2, 0) is 0 Å². The lowest BCUT2D eigenvalue weighted by Gasteiger charge is -2.28. The van der Waals surface area contributed by atoms with Crippen molar-refractivity contribution in [2.24, 2.45) is 0 Å². The van der Waals surface area contributed by atoms with Gasteiger partial charge in [0.15, 0.2) is 5.82 Å². The Bertz CT molecular complexity index is 914. The number of halogens is 2. The molecule has 5 nitrogen and oxygen atoms in total. The average Bonchev–Trinajstić information content (AvgIpc) is 3.20. The summed E-state index contributed by atoms with van der Waals surface area (Å²) in [5.74, 6) is 1.37. The monoisotopic (exact) mass is 411 g/mol. The normalized spacial score (nSPS) is 22.9. The van der Waals surface area contributed by atoms with E-state index < -0.39 is 0 Å². The summed E-state index contributed by atoms with van der Waals surface area (Å²) >= 11 is 5.30. The first-order chi connectivity index (χ1) is 10.7. The van der Waals surface area contributed by atoms with E-state index in [1.54, 1.807) is 11.3 Å². The molecule has 3 N–H and O–H groups in total. The summed E-state index contributed by atoms with van der Waals surface area (Å²) in [6.45, 7) is 2.04. The van der Waals surface area contributed by atoms with Gasteiger partial charge in [0.25, 0.3) is 0 Å². The molecule has 2 bridgehead atoms. The van der Waals surface area contributed by atoms with Gasteiger partial charge >= 0.3 is 0 Å². The van der Waals surface area contributed by atoms with Gasteiger partial charge in [-0.05, 0) is 24.6 Å². The number of rotatable bonds is 1. The van der Waals surface area contributed by atoms with E-state index in [0.29, 0.717) is 18.0 Å². The second-order valence-corrected chi connectivity index (χ2v) is 7.94. The Kier molecular flexibility index (Phi) is 3.64. The van der Waals surface area contributed by atoms with Crippen LogP contribution in [0.2, 0.25) is 0 Å². The molecule has 23 heavy (non-hydrogen) atoms. The van der Waals surface area contributed by atoms with E-state index in [2.05, 4.69) is 54.3 Å². The first-order valence-electron chi connectivity index (χ1n) is 7.34. The van der Waals surface area contributed by atoms with Crippen LogP contribution in [0.1, 0.15) is 6.42 Å². The van der Waals surface area contributed by atoms with Gasteiger partial charge in [0.2, 0.25) is 5.95 Å². The highest BCUT2D eigenvalue weighted by Gasteiger charge is 2.39. The molecule has 2 atom stereocenters. The number of aromatic nitrogens is 2. The number of fused-ring (bicyclic) bond motifs is 5. The van der Waals surface area contributed by atoms with Gasteiger partial charge in [-0.25, -0.2) is 4.98 Å². The lowest BCUT2D eigenvalue weighted by molar-refractivity contribution is 0.578. The Hall–Kier alpha value is -1.15. The molecular weight excluding hydrogens is 398 g/mol. The molecule has 0 unspecified atom stereocenters. The molecule has 0 amide bonds. The zero-order chi connectivity index (χ0) is 14.8. The molecule has 0 radical (unpaired) electrons. The van der Waals surface area contributed by atoms with Crippen LogP contribution in [0, 0.1) is 0 Å². The van der Waals surface area contributed by atoms with Crippen LogP contribution in [0.15, 0.2) is 22.7 Å². The largest absolute Gasteiger partial charge is 0.368 e. The summed E-state index contributed by atoms with van der Waals surface area (Å²) in [6, 6.07) is 7.42. The smallest absolute Gasteiger partial charge is 0.222 e. The molecule has 120 valence electrons. The highest BCUT2D eigenvalue weighted by atomic mass is 79.9. The van der Waals surface area contributed by atoms with Crippen molar-refractivity contribution in [1.82, 2.24) is 15.3 Å². The topological polar surface area (TPSA) is 67.1 Å². The maximum atomic E-state index is 6.01. The summed E-state index contributed by atoms with van der Waals surface area (Å²) in [5.41, 5.74) is 6.98. The molecule has 2 aliphatic rings. The Morgan fingerprint density at radius 1 is 1.35 bits per heavy atom. The van der Waals surface area contributed by atoms with Gasteiger partial charge in [-0.15, -0.1) is 23.7 Å². The van der Waals surface area contributed by atoms with Crippen LogP contribution in [0.25, 0.3) is 20.3 Å². The van der Waals surface area contributed by atoms with Crippen molar-refractivity contribution in [3.63, 3.8) is 0 Å². The SMILES string of the molecule is Cl.Nc1nc(N2C[C@@H]3C[C@H]2CN3)c2sc3ccc(Br)cc3c2n1. The third kappa shape index (κ3) is 2.29. The van der Waals surface area contributed by atoms with Crippen molar-refractivity contribution in [2.45, 2.75) is 18.5 Å². The van der Waals surface area contributed by atoms with Crippen LogP contribution in [0.5, 0.6) is 0 Å². The third-order valence-corrected chi connectivity index (χ3v) is 6.25. The van der Waals surface area contributed by atoms with Crippen molar-refractivity contribution in [3.05, 3.63) is 22.7 Å². The Morgan fingerprint density at radius 2 is 2.22 bits per heavy atom. The predicted octanol–water partition coefficient (Wildman–Crippen LogP) is 3.16. The van der Waals surface area contributed by atoms with Crippen molar-refractivity contribution < 1.29 is 0 Å². The number of nitrogens with one attached hydrogen (secondary N) is 1. The Labute approximate surface area is 151 Å². The van der Waals surface area contributed by atoms with E-state index in [1.807, 2.05) is 0 Å². The molecule has 1 aromatic carbocycles. The van der Waals surface area contributed by atoms with Crippen molar-refractivity contribution in [3.8, 4) is 0 Å². The number of anilines is 2. The maximum absolute atomic E-state index is 6.01. The second kappa shape index (κ2) is 5.44. The fourth-order valence-corrected chi connectivity index (χ4v) is 5.12. The second-order valence-electron chi connectivity index (χ2n) is 5.97. The maximum Gasteiger partial charge on any atom is 0.222 e. The molecule has 0 aliphatic carbocycles. The van der Waals surface area contributed by atoms with Gasteiger partial charge in [-0.2, -0.15) is 4.98 Å². The summed E-state index contributed by atoms with van der Waals surface area (Å²) in [5, 5.41) is 4.68. The Balaban J connectivity index is 0.00000135. The minimum atomic E-state index is 0. The zero-order valence-corrected chi connectivity index (χ0v) is 15.3. The van der Waals surface area contributed by atoms with E-state index in [1.165, 1.54) is 11.1 Å². The number of nitrogens with zero attached hydrogens (tertiary/aromatic N) is 3. The lowest BCUT2D eigenvalue weighted by Crippen LogP contribution is -2.44. The molecule has 5 rings (SSSR count). The minimum absolute atomic E-state index is 0. The molecule has 0 spiro atoms. The van der Waals surface area contributed by atoms with E-state index in [4.69, 9.17) is 5.73 Å². The highest BCUT2D eigenvalue weighted by molar-refractivity contribution is 9.10. The highest BCUT2D eigenvalue weighted by Crippen LogP contribution is 2.41. The molecule has 3 aromatic rings.